The molecular formula is C20H34O. The van der Waals surface area contributed by atoms with Gasteiger partial charge in [0.25, 0.3) is 0 Å². The lowest BCUT2D eigenvalue weighted by Gasteiger charge is -2.31. The summed E-state index contributed by atoms with van der Waals surface area (Å²) < 4.78 is 0. The maximum Gasteiger partial charge on any atom is 0.0527 e. The normalized spacial score (nSPS) is 14.0. The number of unbranched alkanes of at least 4 members (excludes halogenated alkanes) is 7. The van der Waals surface area contributed by atoms with Crippen molar-refractivity contribution in [3.05, 3.63) is 35.9 Å². The first-order valence-corrected chi connectivity index (χ1v) is 8.95. The number of benzene rings is 1. The van der Waals surface area contributed by atoms with Gasteiger partial charge in [0.15, 0.2) is 0 Å². The van der Waals surface area contributed by atoms with E-state index in [0.717, 1.165) is 12.8 Å². The summed E-state index contributed by atoms with van der Waals surface area (Å²) >= 11 is 0. The number of aliphatic hydroxyl groups excluding tert-OH is 1. The zero-order chi connectivity index (χ0) is 15.4. The van der Waals surface area contributed by atoms with Crippen LogP contribution in [0.2, 0.25) is 0 Å². The Morgan fingerprint density at radius 2 is 1.38 bits per heavy atom. The Hall–Kier alpha value is -0.820. The van der Waals surface area contributed by atoms with E-state index in [1.54, 1.807) is 0 Å². The Bertz CT molecular complexity index is 340. The molecule has 21 heavy (non-hydrogen) atoms. The molecule has 1 rings (SSSR count). The summed E-state index contributed by atoms with van der Waals surface area (Å²) in [7, 11) is 0. The largest absolute Gasteiger partial charge is 0.395 e. The van der Waals surface area contributed by atoms with Gasteiger partial charge in [-0.25, -0.2) is 0 Å². The van der Waals surface area contributed by atoms with Crippen LogP contribution in [0.25, 0.3) is 0 Å². The molecule has 0 fully saturated rings. The smallest absolute Gasteiger partial charge is 0.0527 e. The van der Waals surface area contributed by atoms with Crippen LogP contribution in [0.15, 0.2) is 30.3 Å². The zero-order valence-electron chi connectivity index (χ0n) is 14.1. The highest BCUT2D eigenvalue weighted by Crippen LogP contribution is 2.33. The van der Waals surface area contributed by atoms with Crippen molar-refractivity contribution in [2.75, 3.05) is 6.61 Å². The van der Waals surface area contributed by atoms with Gasteiger partial charge in [0.1, 0.15) is 0 Å². The molecule has 0 spiro atoms. The van der Waals surface area contributed by atoms with Gasteiger partial charge in [0.05, 0.1) is 6.61 Å². The third-order valence-electron chi connectivity index (χ3n) is 4.87. The summed E-state index contributed by atoms with van der Waals surface area (Å²) in [6.07, 6.45) is 12.9. The number of hydrogen-bond donors (Lipinski definition) is 1. The quantitative estimate of drug-likeness (QED) is 0.478. The second kappa shape index (κ2) is 10.8. The average Bonchev–Trinajstić information content (AvgIpc) is 2.55. The van der Waals surface area contributed by atoms with Gasteiger partial charge in [-0.2, -0.15) is 0 Å². The SMILES string of the molecule is CCCCCCCCCCC(CC)(CO)c1ccccc1. The van der Waals surface area contributed by atoms with Crippen molar-refractivity contribution in [3.8, 4) is 0 Å². The first-order chi connectivity index (χ1) is 10.3. The van der Waals surface area contributed by atoms with Crippen LogP contribution in [0, 0.1) is 0 Å². The Labute approximate surface area is 131 Å². The zero-order valence-corrected chi connectivity index (χ0v) is 14.1. The van der Waals surface area contributed by atoms with Crippen LogP contribution in [0.4, 0.5) is 0 Å². The van der Waals surface area contributed by atoms with Crippen molar-refractivity contribution in [3.63, 3.8) is 0 Å². The molecule has 0 amide bonds. The van der Waals surface area contributed by atoms with Crippen molar-refractivity contribution in [2.45, 2.75) is 83.5 Å². The third-order valence-corrected chi connectivity index (χ3v) is 4.87. The highest BCUT2D eigenvalue weighted by molar-refractivity contribution is 5.25. The van der Waals surface area contributed by atoms with Crippen molar-refractivity contribution in [1.82, 2.24) is 0 Å². The minimum Gasteiger partial charge on any atom is -0.395 e. The van der Waals surface area contributed by atoms with Crippen molar-refractivity contribution >= 4 is 0 Å². The van der Waals surface area contributed by atoms with E-state index < -0.39 is 0 Å². The van der Waals surface area contributed by atoms with Crippen LogP contribution in [0.1, 0.15) is 83.6 Å². The molecule has 1 unspecified atom stereocenters. The molecule has 0 aromatic heterocycles. The van der Waals surface area contributed by atoms with Crippen molar-refractivity contribution in [1.29, 1.82) is 0 Å². The van der Waals surface area contributed by atoms with Gasteiger partial charge < -0.3 is 5.11 Å². The van der Waals surface area contributed by atoms with Crippen LogP contribution in [-0.4, -0.2) is 11.7 Å². The monoisotopic (exact) mass is 290 g/mol. The molecule has 120 valence electrons. The lowest BCUT2D eigenvalue weighted by Crippen LogP contribution is -2.29. The van der Waals surface area contributed by atoms with E-state index in [1.807, 2.05) is 0 Å². The van der Waals surface area contributed by atoms with E-state index in [4.69, 9.17) is 0 Å². The van der Waals surface area contributed by atoms with Gasteiger partial charge in [0.2, 0.25) is 0 Å². The molecule has 1 nitrogen and oxygen atoms in total. The van der Waals surface area contributed by atoms with Crippen LogP contribution in [-0.2, 0) is 5.41 Å². The topological polar surface area (TPSA) is 20.2 Å². The molecule has 0 aliphatic rings. The van der Waals surface area contributed by atoms with E-state index in [0.29, 0.717) is 0 Å². The summed E-state index contributed by atoms with van der Waals surface area (Å²) in [5.74, 6) is 0. The van der Waals surface area contributed by atoms with Crippen LogP contribution >= 0.6 is 0 Å². The van der Waals surface area contributed by atoms with Gasteiger partial charge in [-0.1, -0.05) is 95.5 Å². The molecule has 0 bridgehead atoms. The predicted octanol–water partition coefficient (Wildman–Crippen LogP) is 5.86. The lowest BCUT2D eigenvalue weighted by atomic mass is 9.75. The highest BCUT2D eigenvalue weighted by Gasteiger charge is 2.28. The fourth-order valence-corrected chi connectivity index (χ4v) is 3.20. The second-order valence-corrected chi connectivity index (χ2v) is 6.38. The molecule has 0 aliphatic heterocycles. The van der Waals surface area contributed by atoms with Gasteiger partial charge in [0, 0.05) is 5.41 Å². The number of rotatable bonds is 12. The van der Waals surface area contributed by atoms with Gasteiger partial charge in [-0.3, -0.25) is 0 Å². The molecule has 0 heterocycles. The first kappa shape index (κ1) is 18.2. The Morgan fingerprint density at radius 3 is 1.90 bits per heavy atom. The first-order valence-electron chi connectivity index (χ1n) is 8.95. The number of hydrogen-bond acceptors (Lipinski definition) is 1. The average molecular weight is 290 g/mol. The molecule has 1 aromatic rings. The molecule has 0 saturated heterocycles. The van der Waals surface area contributed by atoms with E-state index in [-0.39, 0.29) is 12.0 Å². The Kier molecular flexibility index (Phi) is 9.41. The van der Waals surface area contributed by atoms with Gasteiger partial charge in [-0.05, 0) is 18.4 Å². The van der Waals surface area contributed by atoms with E-state index in [1.165, 1.54) is 56.9 Å². The minimum absolute atomic E-state index is 0.0243. The van der Waals surface area contributed by atoms with Crippen molar-refractivity contribution < 1.29 is 5.11 Å². The molecule has 1 aromatic carbocycles. The molecule has 1 atom stereocenters. The summed E-state index contributed by atoms with van der Waals surface area (Å²) in [6.45, 7) is 4.74. The highest BCUT2D eigenvalue weighted by atomic mass is 16.3. The number of aliphatic hydroxyl groups is 1. The third kappa shape index (κ3) is 6.22. The van der Waals surface area contributed by atoms with Crippen LogP contribution < -0.4 is 0 Å². The second-order valence-electron chi connectivity index (χ2n) is 6.38. The molecule has 0 aliphatic carbocycles. The van der Waals surface area contributed by atoms with E-state index >= 15 is 0 Å². The fourth-order valence-electron chi connectivity index (χ4n) is 3.20. The molecule has 1 heteroatoms. The maximum absolute atomic E-state index is 9.93. The summed E-state index contributed by atoms with van der Waals surface area (Å²) in [4.78, 5) is 0. The van der Waals surface area contributed by atoms with E-state index in [9.17, 15) is 5.11 Å². The fraction of sp³-hybridized carbons (Fsp3) is 0.700. The summed E-state index contributed by atoms with van der Waals surface area (Å²) in [6, 6.07) is 10.6. The van der Waals surface area contributed by atoms with Crippen LogP contribution in [0.5, 0.6) is 0 Å². The molecule has 0 saturated carbocycles. The standard InChI is InChI=1S/C20H34O/c1-3-5-6-7-8-9-10-14-17-20(4-2,18-21)19-15-12-11-13-16-19/h11-13,15-16,21H,3-10,14,17-18H2,1-2H3. The van der Waals surface area contributed by atoms with E-state index in [2.05, 4.69) is 44.2 Å². The molecular weight excluding hydrogens is 256 g/mol. The summed E-state index contributed by atoms with van der Waals surface area (Å²) in [5.41, 5.74) is 1.28. The molecule has 0 radical (unpaired) electrons. The molecule has 1 N–H and O–H groups in total. The Balaban J connectivity index is 2.32. The van der Waals surface area contributed by atoms with Crippen molar-refractivity contribution in [2.24, 2.45) is 0 Å². The Morgan fingerprint density at radius 1 is 0.810 bits per heavy atom. The van der Waals surface area contributed by atoms with Gasteiger partial charge >= 0.3 is 0 Å². The minimum atomic E-state index is -0.0243. The van der Waals surface area contributed by atoms with Crippen LogP contribution in [0.3, 0.4) is 0 Å². The van der Waals surface area contributed by atoms with Gasteiger partial charge in [-0.15, -0.1) is 0 Å². The maximum atomic E-state index is 9.93. The predicted molar refractivity (Wildman–Crippen MR) is 92.7 cm³/mol. The summed E-state index contributed by atoms with van der Waals surface area (Å²) in [5, 5.41) is 9.93. The lowest BCUT2D eigenvalue weighted by molar-refractivity contribution is 0.175.